The van der Waals surface area contributed by atoms with E-state index in [-0.39, 0.29) is 0 Å². The molecular weight excluding hydrogens is 248 g/mol. The first-order chi connectivity index (χ1) is 8.81. The van der Waals surface area contributed by atoms with Gasteiger partial charge in [0.2, 0.25) is 0 Å². The fraction of sp³-hybridized carbons (Fsp3) is 0.545. The Morgan fingerprint density at radius 1 is 1.39 bits per heavy atom. The summed E-state index contributed by atoms with van der Waals surface area (Å²) in [6.45, 7) is 1.55. The van der Waals surface area contributed by atoms with E-state index >= 15 is 0 Å². The molecule has 0 fully saturated rings. The summed E-state index contributed by atoms with van der Waals surface area (Å²) in [4.78, 5) is 0. The molecule has 6 nitrogen and oxygen atoms in total. The molecule has 7 heteroatoms. The number of nitrogens with two attached hydrogens (primary N) is 1. The molecule has 2 rings (SSSR count). The number of thioether (sulfide) groups is 1. The number of aromatic nitrogens is 5. The van der Waals surface area contributed by atoms with E-state index in [4.69, 9.17) is 5.73 Å². The second-order valence-corrected chi connectivity index (χ2v) is 5.03. The summed E-state index contributed by atoms with van der Waals surface area (Å²) in [5.41, 5.74) is 5.52. The normalized spacial score (nSPS) is 11.0. The van der Waals surface area contributed by atoms with E-state index < -0.39 is 0 Å². The van der Waals surface area contributed by atoms with Gasteiger partial charge in [-0.25, -0.2) is 0 Å². The van der Waals surface area contributed by atoms with Crippen molar-refractivity contribution >= 4 is 11.8 Å². The SMILES string of the molecule is Cn1c(CCN)nnc1SCCCn1cccn1. The molecular formula is C11H18N6S. The molecule has 0 aromatic carbocycles. The number of rotatable bonds is 7. The Balaban J connectivity index is 1.76. The van der Waals surface area contributed by atoms with Gasteiger partial charge in [-0.3, -0.25) is 4.68 Å². The van der Waals surface area contributed by atoms with E-state index in [2.05, 4.69) is 15.3 Å². The Hall–Kier alpha value is -1.34. The van der Waals surface area contributed by atoms with Crippen LogP contribution in [-0.2, 0) is 20.0 Å². The van der Waals surface area contributed by atoms with Crippen molar-refractivity contribution in [3.63, 3.8) is 0 Å². The lowest BCUT2D eigenvalue weighted by atomic mass is 10.4. The summed E-state index contributed by atoms with van der Waals surface area (Å²) in [7, 11) is 1.99. The third kappa shape index (κ3) is 3.33. The predicted molar refractivity (Wildman–Crippen MR) is 71.3 cm³/mol. The van der Waals surface area contributed by atoms with Crippen LogP contribution in [-0.4, -0.2) is 36.8 Å². The molecule has 0 unspecified atom stereocenters. The van der Waals surface area contributed by atoms with E-state index in [0.29, 0.717) is 6.54 Å². The van der Waals surface area contributed by atoms with Crippen LogP contribution in [0.2, 0.25) is 0 Å². The van der Waals surface area contributed by atoms with Crippen LogP contribution in [0.1, 0.15) is 12.2 Å². The topological polar surface area (TPSA) is 74.6 Å². The highest BCUT2D eigenvalue weighted by molar-refractivity contribution is 7.99. The van der Waals surface area contributed by atoms with Crippen molar-refractivity contribution in [3.8, 4) is 0 Å². The lowest BCUT2D eigenvalue weighted by Crippen LogP contribution is -2.08. The van der Waals surface area contributed by atoms with Gasteiger partial charge in [0.1, 0.15) is 5.82 Å². The zero-order chi connectivity index (χ0) is 12.8. The summed E-state index contributed by atoms with van der Waals surface area (Å²) >= 11 is 1.72. The standard InChI is InChI=1S/C11H18N6S/c1-16-10(4-5-12)14-15-11(16)18-9-3-8-17-7-2-6-13-17/h2,6-7H,3-5,8-9,12H2,1H3. The molecule has 0 spiro atoms. The van der Waals surface area contributed by atoms with Crippen LogP contribution >= 0.6 is 11.8 Å². The van der Waals surface area contributed by atoms with Crippen LogP contribution in [0.15, 0.2) is 23.6 Å². The van der Waals surface area contributed by atoms with Crippen molar-refractivity contribution in [2.24, 2.45) is 12.8 Å². The van der Waals surface area contributed by atoms with E-state index in [1.54, 1.807) is 18.0 Å². The predicted octanol–water partition coefficient (Wildman–Crippen LogP) is 0.695. The van der Waals surface area contributed by atoms with Crippen molar-refractivity contribution < 1.29 is 0 Å². The second kappa shape index (κ2) is 6.55. The van der Waals surface area contributed by atoms with Gasteiger partial charge in [-0.2, -0.15) is 5.10 Å². The van der Waals surface area contributed by atoms with E-state index in [1.807, 2.05) is 28.6 Å². The average Bonchev–Trinajstić information content (AvgIpc) is 2.98. The molecule has 0 aliphatic rings. The Labute approximate surface area is 111 Å². The summed E-state index contributed by atoms with van der Waals surface area (Å²) in [5.74, 6) is 1.96. The number of hydrogen-bond acceptors (Lipinski definition) is 5. The van der Waals surface area contributed by atoms with Gasteiger partial charge in [0.15, 0.2) is 5.16 Å². The molecule has 0 saturated carbocycles. The average molecular weight is 266 g/mol. The van der Waals surface area contributed by atoms with Crippen molar-refractivity contribution in [1.82, 2.24) is 24.5 Å². The molecule has 0 radical (unpaired) electrons. The lowest BCUT2D eigenvalue weighted by molar-refractivity contribution is 0.605. The maximum absolute atomic E-state index is 5.52. The molecule has 2 aromatic rings. The quantitative estimate of drug-likeness (QED) is 0.589. The van der Waals surface area contributed by atoms with Gasteiger partial charge in [-0.15, -0.1) is 10.2 Å². The fourth-order valence-electron chi connectivity index (χ4n) is 1.64. The van der Waals surface area contributed by atoms with Crippen LogP contribution in [0.4, 0.5) is 0 Å². The Kier molecular flexibility index (Phi) is 4.77. The van der Waals surface area contributed by atoms with Gasteiger partial charge >= 0.3 is 0 Å². The van der Waals surface area contributed by atoms with Crippen LogP contribution in [0.3, 0.4) is 0 Å². The minimum atomic E-state index is 0.607. The first-order valence-corrected chi connectivity index (χ1v) is 6.98. The van der Waals surface area contributed by atoms with Gasteiger partial charge < -0.3 is 10.3 Å². The summed E-state index contributed by atoms with van der Waals surface area (Å²) in [6.07, 6.45) is 5.62. The largest absolute Gasteiger partial charge is 0.330 e. The van der Waals surface area contributed by atoms with Crippen molar-refractivity contribution in [1.29, 1.82) is 0 Å². The zero-order valence-electron chi connectivity index (χ0n) is 10.5. The number of nitrogens with zero attached hydrogens (tertiary/aromatic N) is 5. The van der Waals surface area contributed by atoms with Crippen LogP contribution < -0.4 is 5.73 Å². The molecule has 0 atom stereocenters. The summed E-state index contributed by atoms with van der Waals surface area (Å²) in [6, 6.07) is 1.94. The van der Waals surface area contributed by atoms with Crippen molar-refractivity contribution in [2.75, 3.05) is 12.3 Å². The first-order valence-electron chi connectivity index (χ1n) is 6.00. The van der Waals surface area contributed by atoms with E-state index in [1.165, 1.54) is 0 Å². The minimum Gasteiger partial charge on any atom is -0.330 e. The van der Waals surface area contributed by atoms with Gasteiger partial charge in [-0.1, -0.05) is 11.8 Å². The molecule has 2 heterocycles. The summed E-state index contributed by atoms with van der Waals surface area (Å²) in [5, 5.41) is 13.4. The highest BCUT2D eigenvalue weighted by atomic mass is 32.2. The molecule has 0 aliphatic carbocycles. The molecule has 2 aromatic heterocycles. The fourth-order valence-corrected chi connectivity index (χ4v) is 2.49. The van der Waals surface area contributed by atoms with Crippen LogP contribution in [0, 0.1) is 0 Å². The van der Waals surface area contributed by atoms with Gasteiger partial charge in [-0.05, 0) is 19.0 Å². The second-order valence-electron chi connectivity index (χ2n) is 3.97. The van der Waals surface area contributed by atoms with E-state index in [0.717, 1.165) is 36.1 Å². The van der Waals surface area contributed by atoms with Gasteiger partial charge in [0.25, 0.3) is 0 Å². The lowest BCUT2D eigenvalue weighted by Gasteiger charge is -2.03. The molecule has 98 valence electrons. The highest BCUT2D eigenvalue weighted by Crippen LogP contribution is 2.16. The zero-order valence-corrected chi connectivity index (χ0v) is 11.3. The molecule has 0 aliphatic heterocycles. The molecule has 2 N–H and O–H groups in total. The van der Waals surface area contributed by atoms with Crippen LogP contribution in [0.25, 0.3) is 0 Å². The van der Waals surface area contributed by atoms with Crippen molar-refractivity contribution in [2.45, 2.75) is 24.5 Å². The highest BCUT2D eigenvalue weighted by Gasteiger charge is 2.07. The van der Waals surface area contributed by atoms with Crippen LogP contribution in [0.5, 0.6) is 0 Å². The Morgan fingerprint density at radius 2 is 2.28 bits per heavy atom. The number of aryl methyl sites for hydroxylation is 1. The van der Waals surface area contributed by atoms with Gasteiger partial charge in [0.05, 0.1) is 0 Å². The minimum absolute atomic E-state index is 0.607. The third-order valence-electron chi connectivity index (χ3n) is 2.61. The smallest absolute Gasteiger partial charge is 0.190 e. The van der Waals surface area contributed by atoms with Gasteiger partial charge in [0, 0.05) is 38.2 Å². The molecule has 18 heavy (non-hydrogen) atoms. The summed E-state index contributed by atoms with van der Waals surface area (Å²) < 4.78 is 3.96. The maximum Gasteiger partial charge on any atom is 0.190 e. The van der Waals surface area contributed by atoms with Crippen molar-refractivity contribution in [3.05, 3.63) is 24.3 Å². The van der Waals surface area contributed by atoms with E-state index in [9.17, 15) is 0 Å². The molecule has 0 amide bonds. The molecule has 0 bridgehead atoms. The maximum atomic E-state index is 5.52. The first kappa shape index (κ1) is 13.1. The third-order valence-corrected chi connectivity index (χ3v) is 3.72. The molecule has 0 saturated heterocycles. The monoisotopic (exact) mass is 266 g/mol. The Bertz CT molecular complexity index is 464. The Morgan fingerprint density at radius 3 is 3.00 bits per heavy atom. The number of hydrogen-bond donors (Lipinski definition) is 1.